The Morgan fingerprint density at radius 1 is 0.435 bits per heavy atom. The lowest BCUT2D eigenvalue weighted by molar-refractivity contribution is -0.870. The molecule has 1 N–H and O–H groups in total. The number of quaternary nitrogens is 1. The highest BCUT2D eigenvalue weighted by molar-refractivity contribution is 4.50. The fraction of sp³-hybridized carbons (Fsp3) is 1.00. The second kappa shape index (κ2) is 16.8. The second-order valence-corrected chi connectivity index (χ2v) is 8.39. The van der Waals surface area contributed by atoms with Gasteiger partial charge in [-0.15, -0.1) is 0 Å². The number of unbranched alkanes of at least 4 members (excludes halogenated alkanes) is 15. The van der Waals surface area contributed by atoms with Gasteiger partial charge in [-0.1, -0.05) is 83.5 Å². The van der Waals surface area contributed by atoms with Crippen molar-refractivity contribution in [2.45, 2.75) is 103 Å². The van der Waals surface area contributed by atoms with E-state index in [0.29, 0.717) is 6.61 Å². The van der Waals surface area contributed by atoms with Crippen LogP contribution in [0.25, 0.3) is 0 Å². The van der Waals surface area contributed by atoms with Crippen molar-refractivity contribution in [3.05, 3.63) is 0 Å². The summed E-state index contributed by atoms with van der Waals surface area (Å²) in [5.74, 6) is 0. The van der Waals surface area contributed by atoms with Crippen LogP contribution in [0.15, 0.2) is 0 Å². The van der Waals surface area contributed by atoms with Gasteiger partial charge >= 0.3 is 0 Å². The molecule has 0 unspecified atom stereocenters. The van der Waals surface area contributed by atoms with Crippen molar-refractivity contribution in [2.24, 2.45) is 0 Å². The summed E-state index contributed by atoms with van der Waals surface area (Å²) >= 11 is 0. The van der Waals surface area contributed by atoms with Crippen LogP contribution < -0.4 is 0 Å². The summed E-state index contributed by atoms with van der Waals surface area (Å²) in [7, 11) is 6.87. The first-order chi connectivity index (χ1) is 11.1. The lowest BCUT2D eigenvalue weighted by atomic mass is 10.0. The topological polar surface area (TPSA) is 20.2 Å². The van der Waals surface area contributed by atoms with E-state index in [9.17, 15) is 0 Å². The van der Waals surface area contributed by atoms with Crippen molar-refractivity contribution in [3.8, 4) is 0 Å². The van der Waals surface area contributed by atoms with Gasteiger partial charge in [0.05, 0.1) is 27.7 Å². The molecule has 140 valence electrons. The number of aliphatic hydroxyl groups excluding tert-OH is 1. The van der Waals surface area contributed by atoms with Crippen molar-refractivity contribution in [2.75, 3.05) is 34.3 Å². The third-order valence-corrected chi connectivity index (χ3v) is 4.74. The quantitative estimate of drug-likeness (QED) is 0.244. The normalized spacial score (nSPS) is 12.0. The Hall–Kier alpha value is -0.0800. The monoisotopic (exact) mass is 328 g/mol. The minimum atomic E-state index is 0.371. The smallest absolute Gasteiger partial charge is 0.0780 e. The lowest BCUT2D eigenvalue weighted by Gasteiger charge is -2.23. The molecular formula is C21H46NO+. The fourth-order valence-corrected chi connectivity index (χ4v) is 3.17. The first-order valence-electron chi connectivity index (χ1n) is 10.5. The molecule has 0 aliphatic heterocycles. The van der Waals surface area contributed by atoms with Crippen molar-refractivity contribution in [3.63, 3.8) is 0 Å². The Morgan fingerprint density at radius 2 is 0.696 bits per heavy atom. The van der Waals surface area contributed by atoms with Crippen LogP contribution in [-0.4, -0.2) is 43.9 Å². The Balaban J connectivity index is 3.00. The molecule has 0 atom stereocenters. The standard InChI is InChI=1S/C21H46NO/c1-22(2,3)20-18-16-14-12-10-8-6-4-5-7-9-11-13-15-17-19-21-23/h23H,4-21H2,1-3H3/q+1. The number of rotatable bonds is 18. The number of aliphatic hydroxyl groups is 1. The Labute approximate surface area is 147 Å². The van der Waals surface area contributed by atoms with E-state index in [-0.39, 0.29) is 0 Å². The summed E-state index contributed by atoms with van der Waals surface area (Å²) in [6.07, 6.45) is 22.1. The van der Waals surface area contributed by atoms with Crippen LogP contribution in [0.5, 0.6) is 0 Å². The van der Waals surface area contributed by atoms with Gasteiger partial charge in [0, 0.05) is 6.61 Å². The highest BCUT2D eigenvalue weighted by Crippen LogP contribution is 2.13. The van der Waals surface area contributed by atoms with Crippen molar-refractivity contribution < 1.29 is 9.59 Å². The fourth-order valence-electron chi connectivity index (χ4n) is 3.17. The molecule has 0 radical (unpaired) electrons. The predicted octanol–water partition coefficient (Wildman–Crippen LogP) is 5.93. The Morgan fingerprint density at radius 3 is 0.957 bits per heavy atom. The second-order valence-electron chi connectivity index (χ2n) is 8.39. The molecule has 0 spiro atoms. The molecule has 0 aliphatic rings. The average Bonchev–Trinajstić information content (AvgIpc) is 2.49. The van der Waals surface area contributed by atoms with E-state index < -0.39 is 0 Å². The van der Waals surface area contributed by atoms with Crippen LogP contribution in [0.2, 0.25) is 0 Å². The first-order valence-corrected chi connectivity index (χ1v) is 10.5. The third-order valence-electron chi connectivity index (χ3n) is 4.74. The molecule has 23 heavy (non-hydrogen) atoms. The molecule has 0 amide bonds. The largest absolute Gasteiger partial charge is 0.396 e. The van der Waals surface area contributed by atoms with E-state index in [2.05, 4.69) is 21.1 Å². The minimum absolute atomic E-state index is 0.371. The number of hydrogen-bond donors (Lipinski definition) is 1. The molecule has 0 saturated heterocycles. The molecule has 2 nitrogen and oxygen atoms in total. The van der Waals surface area contributed by atoms with Gasteiger partial charge in [0.2, 0.25) is 0 Å². The zero-order valence-corrected chi connectivity index (χ0v) is 16.6. The summed E-state index contributed by atoms with van der Waals surface area (Å²) in [5.41, 5.74) is 0. The third kappa shape index (κ3) is 21.9. The minimum Gasteiger partial charge on any atom is -0.396 e. The molecule has 0 aliphatic carbocycles. The van der Waals surface area contributed by atoms with Gasteiger partial charge in [-0.3, -0.25) is 0 Å². The zero-order valence-electron chi connectivity index (χ0n) is 16.6. The van der Waals surface area contributed by atoms with Crippen molar-refractivity contribution in [1.29, 1.82) is 0 Å². The summed E-state index contributed by atoms with van der Waals surface area (Å²) in [6.45, 7) is 1.69. The van der Waals surface area contributed by atoms with Gasteiger partial charge in [-0.05, 0) is 19.3 Å². The number of nitrogens with zero attached hydrogens (tertiary/aromatic N) is 1. The van der Waals surface area contributed by atoms with Gasteiger partial charge < -0.3 is 9.59 Å². The summed E-state index contributed by atoms with van der Waals surface area (Å²) in [4.78, 5) is 0. The van der Waals surface area contributed by atoms with Gasteiger partial charge in [-0.25, -0.2) is 0 Å². The van der Waals surface area contributed by atoms with Crippen LogP contribution >= 0.6 is 0 Å². The molecule has 0 saturated carbocycles. The molecule has 0 bridgehead atoms. The molecule has 2 heteroatoms. The Kier molecular flexibility index (Phi) is 16.7. The maximum atomic E-state index is 8.71. The molecule has 0 aromatic heterocycles. The van der Waals surface area contributed by atoms with E-state index in [1.54, 1.807) is 0 Å². The molecule has 0 aromatic rings. The predicted molar refractivity (Wildman–Crippen MR) is 104 cm³/mol. The molecular weight excluding hydrogens is 282 g/mol. The molecule has 0 fully saturated rings. The highest BCUT2D eigenvalue weighted by atomic mass is 16.2. The zero-order chi connectivity index (χ0) is 17.2. The van der Waals surface area contributed by atoms with E-state index in [1.807, 2.05) is 0 Å². The summed E-state index contributed by atoms with van der Waals surface area (Å²) in [6, 6.07) is 0. The van der Waals surface area contributed by atoms with E-state index in [1.165, 1.54) is 103 Å². The number of hydrogen-bond acceptors (Lipinski definition) is 1. The first kappa shape index (κ1) is 22.9. The van der Waals surface area contributed by atoms with Crippen LogP contribution in [0.1, 0.15) is 103 Å². The average molecular weight is 329 g/mol. The van der Waals surface area contributed by atoms with Gasteiger partial charge in [-0.2, -0.15) is 0 Å². The van der Waals surface area contributed by atoms with Crippen LogP contribution in [-0.2, 0) is 0 Å². The molecule has 0 heterocycles. The van der Waals surface area contributed by atoms with Gasteiger partial charge in [0.15, 0.2) is 0 Å². The maximum absolute atomic E-state index is 8.71. The van der Waals surface area contributed by atoms with Gasteiger partial charge in [0.1, 0.15) is 0 Å². The van der Waals surface area contributed by atoms with Crippen molar-refractivity contribution in [1.82, 2.24) is 0 Å². The van der Waals surface area contributed by atoms with E-state index in [4.69, 9.17) is 5.11 Å². The van der Waals surface area contributed by atoms with Crippen LogP contribution in [0.3, 0.4) is 0 Å². The Bertz CT molecular complexity index is 222. The summed E-state index contributed by atoms with van der Waals surface area (Å²) < 4.78 is 1.11. The summed E-state index contributed by atoms with van der Waals surface area (Å²) in [5, 5.41) is 8.71. The van der Waals surface area contributed by atoms with E-state index in [0.717, 1.165) is 10.9 Å². The lowest BCUT2D eigenvalue weighted by Crippen LogP contribution is -2.35. The maximum Gasteiger partial charge on any atom is 0.0780 e. The molecule has 0 aromatic carbocycles. The van der Waals surface area contributed by atoms with Crippen molar-refractivity contribution >= 4 is 0 Å². The SMILES string of the molecule is C[N+](C)(C)CCCCCCCCCCCCCCCCCCO. The highest BCUT2D eigenvalue weighted by Gasteiger charge is 2.04. The van der Waals surface area contributed by atoms with Crippen LogP contribution in [0.4, 0.5) is 0 Å². The van der Waals surface area contributed by atoms with Gasteiger partial charge in [0.25, 0.3) is 0 Å². The molecule has 0 rings (SSSR count). The van der Waals surface area contributed by atoms with Crippen LogP contribution in [0, 0.1) is 0 Å². The van der Waals surface area contributed by atoms with E-state index >= 15 is 0 Å².